The number of hydrogen-bond acceptors (Lipinski definition) is 1. The topological polar surface area (TPSA) is 12.0 Å². The zero-order valence-corrected chi connectivity index (χ0v) is 13.2. The third kappa shape index (κ3) is 4.64. The molecule has 0 heterocycles. The number of halogens is 2. The summed E-state index contributed by atoms with van der Waals surface area (Å²) in [7, 11) is 0. The molecule has 1 N–H and O–H groups in total. The zero-order valence-electron chi connectivity index (χ0n) is 10.9. The Hall–Kier alpha value is -0.830. The van der Waals surface area contributed by atoms with Gasteiger partial charge < -0.3 is 5.32 Å². The van der Waals surface area contributed by atoms with E-state index in [9.17, 15) is 0 Å². The Labute approximate surface area is 128 Å². The van der Waals surface area contributed by atoms with E-state index in [1.54, 1.807) is 0 Å². The van der Waals surface area contributed by atoms with E-state index >= 15 is 0 Å². The van der Waals surface area contributed by atoms with E-state index in [0.29, 0.717) is 6.04 Å². The molecule has 2 aromatic carbocycles. The first-order valence-corrected chi connectivity index (χ1v) is 7.53. The van der Waals surface area contributed by atoms with Crippen molar-refractivity contribution in [1.82, 2.24) is 5.32 Å². The third-order valence-electron chi connectivity index (χ3n) is 3.05. The van der Waals surface area contributed by atoms with Gasteiger partial charge in [0, 0.05) is 22.1 Å². The minimum Gasteiger partial charge on any atom is -0.310 e. The number of rotatable bonds is 5. The van der Waals surface area contributed by atoms with E-state index in [0.717, 1.165) is 28.0 Å². The fourth-order valence-corrected chi connectivity index (χ4v) is 2.44. The van der Waals surface area contributed by atoms with E-state index in [4.69, 9.17) is 11.6 Å². The van der Waals surface area contributed by atoms with Gasteiger partial charge in [0.05, 0.1) is 0 Å². The van der Waals surface area contributed by atoms with E-state index in [1.165, 1.54) is 5.56 Å². The second-order valence-electron chi connectivity index (χ2n) is 4.70. The summed E-state index contributed by atoms with van der Waals surface area (Å²) in [5.74, 6) is 0. The highest BCUT2D eigenvalue weighted by Gasteiger charge is 2.05. The summed E-state index contributed by atoms with van der Waals surface area (Å²) in [5, 5.41) is 4.33. The summed E-state index contributed by atoms with van der Waals surface area (Å²) < 4.78 is 1.12. The molecule has 0 fully saturated rings. The minimum absolute atomic E-state index is 0.414. The second kappa shape index (κ2) is 7.09. The molecule has 1 unspecified atom stereocenters. The predicted molar refractivity (Wildman–Crippen MR) is 85.6 cm³/mol. The molecule has 2 aromatic rings. The van der Waals surface area contributed by atoms with Crippen molar-refractivity contribution in [3.05, 3.63) is 69.2 Å². The highest BCUT2D eigenvalue weighted by atomic mass is 79.9. The Bertz CT molecular complexity index is 525. The Kier molecular flexibility index (Phi) is 5.44. The highest BCUT2D eigenvalue weighted by molar-refractivity contribution is 9.10. The van der Waals surface area contributed by atoms with Crippen LogP contribution in [0.5, 0.6) is 0 Å². The van der Waals surface area contributed by atoms with Gasteiger partial charge in [-0.05, 0) is 42.7 Å². The summed E-state index contributed by atoms with van der Waals surface area (Å²) in [6.07, 6.45) is 1.01. The van der Waals surface area contributed by atoms with Crippen LogP contribution in [0.3, 0.4) is 0 Å². The Morgan fingerprint density at radius 2 is 1.79 bits per heavy atom. The molecule has 0 radical (unpaired) electrons. The summed E-state index contributed by atoms with van der Waals surface area (Å²) in [6.45, 7) is 3.00. The molecule has 0 spiro atoms. The lowest BCUT2D eigenvalue weighted by Crippen LogP contribution is -2.27. The smallest absolute Gasteiger partial charge is 0.0450 e. The third-order valence-corrected chi connectivity index (χ3v) is 3.95. The van der Waals surface area contributed by atoms with Gasteiger partial charge in [0.15, 0.2) is 0 Å². The van der Waals surface area contributed by atoms with Crippen LogP contribution in [0.1, 0.15) is 18.1 Å². The van der Waals surface area contributed by atoms with Crippen molar-refractivity contribution in [2.75, 3.05) is 0 Å². The molecule has 3 heteroatoms. The van der Waals surface area contributed by atoms with Crippen molar-refractivity contribution in [2.45, 2.75) is 25.9 Å². The van der Waals surface area contributed by atoms with Gasteiger partial charge in [-0.2, -0.15) is 0 Å². The molecule has 0 aromatic heterocycles. The highest BCUT2D eigenvalue weighted by Crippen LogP contribution is 2.15. The van der Waals surface area contributed by atoms with Gasteiger partial charge in [0.2, 0.25) is 0 Å². The molecule has 0 aliphatic rings. The van der Waals surface area contributed by atoms with Crippen LogP contribution in [0.15, 0.2) is 53.0 Å². The largest absolute Gasteiger partial charge is 0.310 e. The van der Waals surface area contributed by atoms with E-state index < -0.39 is 0 Å². The van der Waals surface area contributed by atoms with Crippen LogP contribution < -0.4 is 5.32 Å². The lowest BCUT2D eigenvalue weighted by molar-refractivity contribution is 0.545. The SMILES string of the molecule is CC(Cc1ccc(Br)cc1)NCc1ccccc1Cl. The standard InChI is InChI=1S/C16H17BrClN/c1-12(10-13-6-8-15(17)9-7-13)19-11-14-4-2-3-5-16(14)18/h2-9,12,19H,10-11H2,1H3. The normalized spacial score (nSPS) is 12.4. The van der Waals surface area contributed by atoms with Crippen LogP contribution in [-0.2, 0) is 13.0 Å². The Balaban J connectivity index is 1.86. The average molecular weight is 339 g/mol. The molecule has 0 amide bonds. The van der Waals surface area contributed by atoms with Crippen LogP contribution in [0.2, 0.25) is 5.02 Å². The van der Waals surface area contributed by atoms with Crippen molar-refractivity contribution >= 4 is 27.5 Å². The molecule has 0 aliphatic carbocycles. The molecule has 0 aliphatic heterocycles. The molecule has 1 nitrogen and oxygen atoms in total. The molecular weight excluding hydrogens is 322 g/mol. The first-order chi connectivity index (χ1) is 9.15. The summed E-state index contributed by atoms with van der Waals surface area (Å²) >= 11 is 9.59. The first kappa shape index (κ1) is 14.6. The molecule has 0 bridgehead atoms. The van der Waals surface area contributed by atoms with E-state index in [2.05, 4.69) is 58.5 Å². The van der Waals surface area contributed by atoms with Gasteiger partial charge >= 0.3 is 0 Å². The van der Waals surface area contributed by atoms with Gasteiger partial charge in [-0.25, -0.2) is 0 Å². The van der Waals surface area contributed by atoms with Crippen LogP contribution in [-0.4, -0.2) is 6.04 Å². The van der Waals surface area contributed by atoms with Crippen molar-refractivity contribution in [3.63, 3.8) is 0 Å². The average Bonchev–Trinajstić information content (AvgIpc) is 2.40. The maximum Gasteiger partial charge on any atom is 0.0450 e. The van der Waals surface area contributed by atoms with E-state index in [1.807, 2.05) is 18.2 Å². The van der Waals surface area contributed by atoms with Crippen LogP contribution >= 0.6 is 27.5 Å². The van der Waals surface area contributed by atoms with Crippen molar-refractivity contribution in [3.8, 4) is 0 Å². The second-order valence-corrected chi connectivity index (χ2v) is 6.03. The fourth-order valence-electron chi connectivity index (χ4n) is 1.97. The molecular formula is C16H17BrClN. The van der Waals surface area contributed by atoms with Crippen molar-refractivity contribution in [1.29, 1.82) is 0 Å². The zero-order chi connectivity index (χ0) is 13.7. The van der Waals surface area contributed by atoms with Crippen molar-refractivity contribution in [2.24, 2.45) is 0 Å². The lowest BCUT2D eigenvalue weighted by atomic mass is 10.1. The maximum atomic E-state index is 6.14. The van der Waals surface area contributed by atoms with Crippen LogP contribution in [0, 0.1) is 0 Å². The Morgan fingerprint density at radius 1 is 1.11 bits per heavy atom. The molecule has 100 valence electrons. The number of benzene rings is 2. The maximum absolute atomic E-state index is 6.14. The summed E-state index contributed by atoms with van der Waals surface area (Å²) in [4.78, 5) is 0. The first-order valence-electron chi connectivity index (χ1n) is 6.36. The predicted octanol–water partition coefficient (Wildman–Crippen LogP) is 4.82. The van der Waals surface area contributed by atoms with Crippen LogP contribution in [0.4, 0.5) is 0 Å². The summed E-state index contributed by atoms with van der Waals surface area (Å²) in [5.41, 5.74) is 2.48. The Morgan fingerprint density at radius 3 is 2.47 bits per heavy atom. The molecule has 19 heavy (non-hydrogen) atoms. The minimum atomic E-state index is 0.414. The molecule has 1 atom stereocenters. The fraction of sp³-hybridized carbons (Fsp3) is 0.250. The quantitative estimate of drug-likeness (QED) is 0.824. The van der Waals surface area contributed by atoms with E-state index in [-0.39, 0.29) is 0 Å². The van der Waals surface area contributed by atoms with Gasteiger partial charge in [-0.15, -0.1) is 0 Å². The molecule has 0 saturated carbocycles. The number of nitrogens with one attached hydrogen (secondary N) is 1. The number of hydrogen-bond donors (Lipinski definition) is 1. The summed E-state index contributed by atoms with van der Waals surface area (Å²) in [6, 6.07) is 16.8. The molecule has 0 saturated heterocycles. The van der Waals surface area contributed by atoms with Gasteiger partial charge in [-0.1, -0.05) is 57.9 Å². The van der Waals surface area contributed by atoms with Gasteiger partial charge in [-0.3, -0.25) is 0 Å². The monoisotopic (exact) mass is 337 g/mol. The van der Waals surface area contributed by atoms with Gasteiger partial charge in [0.1, 0.15) is 0 Å². The molecule has 2 rings (SSSR count). The van der Waals surface area contributed by atoms with Crippen LogP contribution in [0.25, 0.3) is 0 Å². The van der Waals surface area contributed by atoms with Gasteiger partial charge in [0.25, 0.3) is 0 Å². The lowest BCUT2D eigenvalue weighted by Gasteiger charge is -2.14. The van der Waals surface area contributed by atoms with Crippen molar-refractivity contribution < 1.29 is 0 Å².